The van der Waals surface area contributed by atoms with Crippen molar-refractivity contribution in [2.45, 2.75) is 210 Å². The summed E-state index contributed by atoms with van der Waals surface area (Å²) in [6.07, 6.45) is 17.0. The molecule has 0 spiro atoms. The van der Waals surface area contributed by atoms with Gasteiger partial charge in [0.05, 0.1) is 25.4 Å². The lowest BCUT2D eigenvalue weighted by molar-refractivity contribution is -0.303. The number of amides is 1. The normalized spacial score (nSPS) is 24.7. The molecule has 0 radical (unpaired) electrons. The molecule has 0 saturated carbocycles. The third-order valence-corrected chi connectivity index (χ3v) is 10.6. The molecule has 2 heterocycles. The van der Waals surface area contributed by atoms with Crippen molar-refractivity contribution < 1.29 is 44.9 Å². The number of aliphatic hydroxyl groups excluding tert-OH is 6. The summed E-state index contributed by atoms with van der Waals surface area (Å²) in [6, 6.07) is -0.984. The average Bonchev–Trinajstić information content (AvgIpc) is 3.64. The highest BCUT2D eigenvalue weighted by molar-refractivity contribution is 5.76. The quantitative estimate of drug-likeness (QED) is 0.0499. The molecule has 296 valence electrons. The number of hydrogen-bond donors (Lipinski definition) is 7. The van der Waals surface area contributed by atoms with Crippen LogP contribution in [0.25, 0.3) is 0 Å². The molecule has 2 aliphatic rings. The third-order valence-electron chi connectivity index (χ3n) is 10.6. The van der Waals surface area contributed by atoms with E-state index in [9.17, 15) is 35.4 Å². The molecule has 0 bridgehead atoms. The molecule has 11 nitrogen and oxygen atoms in total. The van der Waals surface area contributed by atoms with E-state index in [2.05, 4.69) is 17.1 Å². The van der Waals surface area contributed by atoms with Crippen LogP contribution in [0.3, 0.4) is 0 Å². The predicted molar refractivity (Wildman–Crippen MR) is 197 cm³/mol. The van der Waals surface area contributed by atoms with E-state index in [0.717, 1.165) is 51.4 Å². The lowest BCUT2D eigenvalue weighted by Gasteiger charge is -2.40. The number of carbonyl (C=O) groups excluding carboxylic acids is 1. The Morgan fingerprint density at radius 3 is 1.82 bits per heavy atom. The fraction of sp³-hybridized carbons (Fsp3) is 0.974. The van der Waals surface area contributed by atoms with Crippen LogP contribution in [0.5, 0.6) is 0 Å². The highest BCUT2D eigenvalue weighted by atomic mass is 16.7. The van der Waals surface area contributed by atoms with Crippen molar-refractivity contribution >= 4 is 5.91 Å². The number of unbranched alkanes of at least 4 members (excludes halogenated alkanes) is 18. The minimum absolute atomic E-state index is 0.258. The maximum atomic E-state index is 12.9. The van der Waals surface area contributed by atoms with Crippen molar-refractivity contribution in [2.75, 3.05) is 32.8 Å². The second-order valence-electron chi connectivity index (χ2n) is 15.1. The van der Waals surface area contributed by atoms with Gasteiger partial charge in [-0.25, -0.2) is 0 Å². The van der Waals surface area contributed by atoms with Crippen molar-refractivity contribution in [1.29, 1.82) is 0 Å². The minimum atomic E-state index is -1.60. The second kappa shape index (κ2) is 28.6. The molecule has 0 aromatic heterocycles. The highest BCUT2D eigenvalue weighted by Crippen LogP contribution is 2.23. The lowest BCUT2D eigenvalue weighted by atomic mass is 9.98. The van der Waals surface area contributed by atoms with Crippen LogP contribution in [0, 0.1) is 0 Å². The van der Waals surface area contributed by atoms with Crippen molar-refractivity contribution in [1.82, 2.24) is 10.2 Å². The van der Waals surface area contributed by atoms with Gasteiger partial charge in [-0.2, -0.15) is 0 Å². The monoisotopic (exact) mass is 717 g/mol. The maximum absolute atomic E-state index is 12.9. The summed E-state index contributed by atoms with van der Waals surface area (Å²) < 4.78 is 11.1. The molecule has 8 atom stereocenters. The number of likely N-dealkylation sites (tertiary alicyclic amines) is 1. The Kier molecular flexibility index (Phi) is 25.9. The maximum Gasteiger partial charge on any atom is 0.220 e. The van der Waals surface area contributed by atoms with E-state index in [-0.39, 0.29) is 18.9 Å². The van der Waals surface area contributed by atoms with Crippen LogP contribution in [0.4, 0.5) is 0 Å². The Morgan fingerprint density at radius 2 is 1.26 bits per heavy atom. The second-order valence-corrected chi connectivity index (χ2v) is 15.1. The average molecular weight is 717 g/mol. The highest BCUT2D eigenvalue weighted by Gasteiger charge is 2.44. The lowest BCUT2D eigenvalue weighted by Crippen LogP contribution is -2.60. The van der Waals surface area contributed by atoms with E-state index < -0.39 is 55.6 Å². The molecule has 11 heteroatoms. The molecular weight excluding hydrogens is 640 g/mol. The summed E-state index contributed by atoms with van der Waals surface area (Å²) in [6.45, 7) is 5.10. The first-order chi connectivity index (χ1) is 24.3. The predicted octanol–water partition coefficient (Wildman–Crippen LogP) is 4.71. The molecule has 0 aromatic rings. The van der Waals surface area contributed by atoms with Gasteiger partial charge in [-0.05, 0) is 51.7 Å². The van der Waals surface area contributed by atoms with Gasteiger partial charge in [-0.1, -0.05) is 122 Å². The molecule has 50 heavy (non-hydrogen) atoms. The first-order valence-corrected chi connectivity index (χ1v) is 20.6. The van der Waals surface area contributed by atoms with Crippen LogP contribution >= 0.6 is 0 Å². The molecule has 0 aliphatic carbocycles. The minimum Gasteiger partial charge on any atom is -0.394 e. The van der Waals surface area contributed by atoms with Gasteiger partial charge in [0.25, 0.3) is 0 Å². The van der Waals surface area contributed by atoms with Gasteiger partial charge >= 0.3 is 0 Å². The van der Waals surface area contributed by atoms with E-state index >= 15 is 0 Å². The molecule has 2 rings (SSSR count). The molecule has 7 N–H and O–H groups in total. The molecule has 0 aromatic carbocycles. The SMILES string of the molecule is CCCCCCCCCCCCCC[C@@H](O)[C@@H](O)[C@H](COC1OC(CO)C(O)C(O)C1O)NC(=O)CCCCCCCCCCN1CCCC1. The van der Waals surface area contributed by atoms with Gasteiger partial charge in [0, 0.05) is 6.42 Å². The Labute approximate surface area is 303 Å². The fourth-order valence-corrected chi connectivity index (χ4v) is 7.23. The number of nitrogens with one attached hydrogen (secondary N) is 1. The molecular formula is C39H76N2O9. The molecule has 2 saturated heterocycles. The first kappa shape index (κ1) is 45.3. The number of rotatable bonds is 31. The fourth-order valence-electron chi connectivity index (χ4n) is 7.23. The number of nitrogens with zero attached hydrogens (tertiary/aromatic N) is 1. The van der Waals surface area contributed by atoms with Gasteiger partial charge in [0.15, 0.2) is 6.29 Å². The van der Waals surface area contributed by atoms with Gasteiger partial charge in [0.1, 0.15) is 30.5 Å². The van der Waals surface area contributed by atoms with Gasteiger partial charge < -0.3 is 50.3 Å². The summed E-state index contributed by atoms with van der Waals surface area (Å²) in [5.41, 5.74) is 0. The summed E-state index contributed by atoms with van der Waals surface area (Å²) in [5.74, 6) is -0.258. The number of hydrogen-bond acceptors (Lipinski definition) is 10. The van der Waals surface area contributed by atoms with E-state index in [4.69, 9.17) is 9.47 Å². The van der Waals surface area contributed by atoms with Crippen LogP contribution < -0.4 is 5.32 Å². The Bertz CT molecular complexity index is 816. The number of aliphatic hydroxyl groups is 6. The summed E-state index contributed by atoms with van der Waals surface area (Å²) in [4.78, 5) is 15.5. The van der Waals surface area contributed by atoms with Crippen molar-refractivity contribution in [3.05, 3.63) is 0 Å². The van der Waals surface area contributed by atoms with Gasteiger partial charge in [-0.15, -0.1) is 0 Å². The molecule has 2 aliphatic heterocycles. The van der Waals surface area contributed by atoms with Crippen LogP contribution in [-0.2, 0) is 14.3 Å². The summed E-state index contributed by atoms with van der Waals surface area (Å²) in [7, 11) is 0. The number of ether oxygens (including phenoxy) is 2. The molecule has 2 fully saturated rings. The van der Waals surface area contributed by atoms with E-state index in [1.807, 2.05) is 0 Å². The Balaban J connectivity index is 1.71. The van der Waals surface area contributed by atoms with Gasteiger partial charge in [0.2, 0.25) is 5.91 Å². The van der Waals surface area contributed by atoms with Crippen LogP contribution in [0.1, 0.15) is 161 Å². The largest absolute Gasteiger partial charge is 0.394 e. The van der Waals surface area contributed by atoms with Crippen LogP contribution in [0.2, 0.25) is 0 Å². The van der Waals surface area contributed by atoms with Crippen LogP contribution in [-0.4, -0.2) is 123 Å². The summed E-state index contributed by atoms with van der Waals surface area (Å²) >= 11 is 0. The van der Waals surface area contributed by atoms with E-state index in [1.165, 1.54) is 110 Å². The zero-order chi connectivity index (χ0) is 36.4. The zero-order valence-electron chi connectivity index (χ0n) is 31.5. The Hall–Kier alpha value is -0.890. The third kappa shape index (κ3) is 19.3. The van der Waals surface area contributed by atoms with Crippen molar-refractivity contribution in [2.24, 2.45) is 0 Å². The number of carbonyl (C=O) groups is 1. The van der Waals surface area contributed by atoms with Crippen molar-refractivity contribution in [3.63, 3.8) is 0 Å². The topological polar surface area (TPSA) is 172 Å². The zero-order valence-corrected chi connectivity index (χ0v) is 31.5. The van der Waals surface area contributed by atoms with E-state index in [1.54, 1.807) is 0 Å². The van der Waals surface area contributed by atoms with Crippen molar-refractivity contribution in [3.8, 4) is 0 Å². The molecule has 5 unspecified atom stereocenters. The smallest absolute Gasteiger partial charge is 0.220 e. The van der Waals surface area contributed by atoms with Crippen LogP contribution in [0.15, 0.2) is 0 Å². The standard InChI is InChI=1S/C39H76N2O9/c1-2-3-4-5-6-7-8-9-10-13-16-19-24-32(43)35(45)31(30-49-39-38(48)37(47)36(46)33(29-42)50-39)40-34(44)25-20-17-14-11-12-15-18-21-26-41-27-22-23-28-41/h31-33,35-39,42-43,45-48H,2-30H2,1H3,(H,40,44)/t31-,32+,33?,35-,36?,37?,38?,39?/m0/s1. The summed E-state index contributed by atoms with van der Waals surface area (Å²) in [5, 5.41) is 64.9. The van der Waals surface area contributed by atoms with E-state index in [0.29, 0.717) is 6.42 Å². The van der Waals surface area contributed by atoms with Gasteiger partial charge in [-0.3, -0.25) is 4.79 Å². The molecule has 1 amide bonds. The first-order valence-electron chi connectivity index (χ1n) is 20.6. The Morgan fingerprint density at radius 1 is 0.740 bits per heavy atom.